The molecule has 1 aliphatic carbocycles. The van der Waals surface area contributed by atoms with Crippen molar-refractivity contribution < 1.29 is 18.7 Å². The van der Waals surface area contributed by atoms with E-state index in [2.05, 4.69) is 21.9 Å². The first-order valence-electron chi connectivity index (χ1n) is 10.6. The van der Waals surface area contributed by atoms with Gasteiger partial charge in [-0.25, -0.2) is 5.43 Å². The number of amides is 2. The summed E-state index contributed by atoms with van der Waals surface area (Å²) in [4.78, 5) is 26.1. The number of furan rings is 1. The van der Waals surface area contributed by atoms with Crippen molar-refractivity contribution in [2.75, 3.05) is 13.2 Å². The zero-order chi connectivity index (χ0) is 22.3. The number of ether oxygens (including phenoxy) is 1. The summed E-state index contributed by atoms with van der Waals surface area (Å²) in [7, 11) is 0. The Morgan fingerprint density at radius 1 is 1.16 bits per heavy atom. The molecule has 8 heteroatoms. The summed E-state index contributed by atoms with van der Waals surface area (Å²) < 4.78 is 11.3. The second kappa shape index (κ2) is 10.3. The average molecular weight is 452 g/mol. The van der Waals surface area contributed by atoms with Gasteiger partial charge in [-0.3, -0.25) is 9.59 Å². The standard InChI is InChI=1S/C24H25N3O4S/c1-16-22-19(26-27-21(28)15-30-17-7-3-2-4-8-17)10-5-11-20(22)31-23(16)24(29)25-13-12-18-9-6-14-32-18/h2-4,6-9,14H,5,10-13,15H2,1H3,(H,25,29)(H,27,28)/b26-19+. The van der Waals surface area contributed by atoms with Gasteiger partial charge in [-0.05, 0) is 49.8 Å². The van der Waals surface area contributed by atoms with Gasteiger partial charge in [-0.2, -0.15) is 5.10 Å². The molecule has 0 unspecified atom stereocenters. The summed E-state index contributed by atoms with van der Waals surface area (Å²) in [5.41, 5.74) is 4.86. The molecule has 0 fully saturated rings. The predicted octanol–water partition coefficient (Wildman–Crippen LogP) is 3.86. The molecule has 1 aromatic carbocycles. The topological polar surface area (TPSA) is 92.9 Å². The van der Waals surface area contributed by atoms with E-state index in [-0.39, 0.29) is 18.4 Å². The van der Waals surface area contributed by atoms with Crippen molar-refractivity contribution in [2.45, 2.75) is 32.6 Å². The third-order valence-electron chi connectivity index (χ3n) is 5.20. The Morgan fingerprint density at radius 2 is 2.00 bits per heavy atom. The number of hydrogen-bond donors (Lipinski definition) is 2. The number of thiophene rings is 1. The second-order valence-corrected chi connectivity index (χ2v) is 8.52. The van der Waals surface area contributed by atoms with Gasteiger partial charge in [0.05, 0.1) is 5.71 Å². The third-order valence-corrected chi connectivity index (χ3v) is 6.13. The van der Waals surface area contributed by atoms with Crippen molar-refractivity contribution >= 4 is 28.9 Å². The minimum Gasteiger partial charge on any atom is -0.484 e. The number of para-hydroxylation sites is 1. The van der Waals surface area contributed by atoms with Crippen LogP contribution in [0.5, 0.6) is 5.75 Å². The molecule has 0 aliphatic heterocycles. The van der Waals surface area contributed by atoms with Crippen LogP contribution in [0, 0.1) is 6.92 Å². The van der Waals surface area contributed by atoms with Gasteiger partial charge in [0.25, 0.3) is 11.8 Å². The van der Waals surface area contributed by atoms with Crippen molar-refractivity contribution in [1.82, 2.24) is 10.7 Å². The zero-order valence-electron chi connectivity index (χ0n) is 17.8. The van der Waals surface area contributed by atoms with E-state index in [1.165, 1.54) is 4.88 Å². The van der Waals surface area contributed by atoms with E-state index in [1.54, 1.807) is 23.5 Å². The van der Waals surface area contributed by atoms with Crippen molar-refractivity contribution in [1.29, 1.82) is 0 Å². The van der Waals surface area contributed by atoms with Gasteiger partial charge in [-0.1, -0.05) is 24.3 Å². The van der Waals surface area contributed by atoms with E-state index in [0.717, 1.165) is 41.9 Å². The Hall–Kier alpha value is -3.39. The van der Waals surface area contributed by atoms with Crippen LogP contribution in [0.15, 0.2) is 57.4 Å². The maximum absolute atomic E-state index is 12.7. The molecule has 2 N–H and O–H groups in total. The largest absolute Gasteiger partial charge is 0.484 e. The Labute approximate surface area is 190 Å². The van der Waals surface area contributed by atoms with Crippen LogP contribution in [0.1, 0.15) is 45.2 Å². The molecule has 4 rings (SSSR count). The predicted molar refractivity (Wildman–Crippen MR) is 123 cm³/mol. The molecule has 0 spiro atoms. The fraction of sp³-hybridized carbons (Fsp3) is 0.292. The van der Waals surface area contributed by atoms with Crippen molar-refractivity contribution in [3.8, 4) is 5.75 Å². The summed E-state index contributed by atoms with van der Waals surface area (Å²) in [5, 5.41) is 9.27. The number of rotatable bonds is 8. The summed E-state index contributed by atoms with van der Waals surface area (Å²) in [5.74, 6) is 1.10. The average Bonchev–Trinajstić information content (AvgIpc) is 3.45. The first-order chi connectivity index (χ1) is 15.6. The molecule has 32 heavy (non-hydrogen) atoms. The molecule has 166 valence electrons. The van der Waals surface area contributed by atoms with Crippen LogP contribution in [-0.4, -0.2) is 30.7 Å². The monoisotopic (exact) mass is 451 g/mol. The highest BCUT2D eigenvalue weighted by molar-refractivity contribution is 7.09. The third kappa shape index (κ3) is 5.26. The number of nitrogens with zero attached hydrogens (tertiary/aromatic N) is 1. The summed E-state index contributed by atoms with van der Waals surface area (Å²) >= 11 is 1.67. The molecule has 2 heterocycles. The van der Waals surface area contributed by atoms with Crippen LogP contribution in [-0.2, 0) is 17.6 Å². The van der Waals surface area contributed by atoms with Crippen LogP contribution in [0.25, 0.3) is 0 Å². The van der Waals surface area contributed by atoms with E-state index in [9.17, 15) is 9.59 Å². The van der Waals surface area contributed by atoms with Crippen LogP contribution >= 0.6 is 11.3 Å². The zero-order valence-corrected chi connectivity index (χ0v) is 18.7. The number of hydrogen-bond acceptors (Lipinski definition) is 6. The molecule has 2 aromatic heterocycles. The number of nitrogens with one attached hydrogen (secondary N) is 2. The lowest BCUT2D eigenvalue weighted by molar-refractivity contribution is -0.123. The van der Waals surface area contributed by atoms with Crippen LogP contribution in [0.2, 0.25) is 0 Å². The molecular formula is C24H25N3O4S. The maximum Gasteiger partial charge on any atom is 0.287 e. The number of hydrazone groups is 1. The van der Waals surface area contributed by atoms with Gasteiger partial charge >= 0.3 is 0 Å². The van der Waals surface area contributed by atoms with Gasteiger partial charge in [0.1, 0.15) is 11.5 Å². The van der Waals surface area contributed by atoms with E-state index in [4.69, 9.17) is 9.15 Å². The molecule has 1 aliphatic rings. The highest BCUT2D eigenvalue weighted by Crippen LogP contribution is 2.29. The lowest BCUT2D eigenvalue weighted by atomic mass is 9.93. The number of fused-ring (bicyclic) bond motifs is 1. The Morgan fingerprint density at radius 3 is 2.78 bits per heavy atom. The summed E-state index contributed by atoms with van der Waals surface area (Å²) in [6.07, 6.45) is 3.07. The van der Waals surface area contributed by atoms with Crippen molar-refractivity contribution in [3.05, 3.63) is 75.4 Å². The summed E-state index contributed by atoms with van der Waals surface area (Å²) in [6, 6.07) is 13.2. The number of carbonyl (C=O) groups is 2. The van der Waals surface area contributed by atoms with Gasteiger partial charge < -0.3 is 14.5 Å². The van der Waals surface area contributed by atoms with Crippen LogP contribution < -0.4 is 15.5 Å². The Bertz CT molecular complexity index is 1100. The van der Waals surface area contributed by atoms with Gasteiger partial charge in [0.15, 0.2) is 12.4 Å². The smallest absolute Gasteiger partial charge is 0.287 e. The van der Waals surface area contributed by atoms with Gasteiger partial charge in [0.2, 0.25) is 0 Å². The normalized spacial score (nSPS) is 14.1. The van der Waals surface area contributed by atoms with E-state index in [0.29, 0.717) is 24.5 Å². The Balaban J connectivity index is 1.38. The van der Waals surface area contributed by atoms with E-state index < -0.39 is 0 Å². The van der Waals surface area contributed by atoms with Crippen LogP contribution in [0.4, 0.5) is 0 Å². The van der Waals surface area contributed by atoms with Gasteiger partial charge in [-0.15, -0.1) is 11.3 Å². The molecule has 0 saturated carbocycles. The fourth-order valence-corrected chi connectivity index (χ4v) is 4.37. The van der Waals surface area contributed by atoms with Crippen molar-refractivity contribution in [2.24, 2.45) is 5.10 Å². The number of benzene rings is 1. The van der Waals surface area contributed by atoms with E-state index in [1.807, 2.05) is 36.6 Å². The lowest BCUT2D eigenvalue weighted by Gasteiger charge is -2.13. The minimum atomic E-state index is -0.346. The lowest BCUT2D eigenvalue weighted by Crippen LogP contribution is -2.27. The molecule has 0 radical (unpaired) electrons. The molecule has 0 saturated heterocycles. The molecule has 2 amide bonds. The summed E-state index contributed by atoms with van der Waals surface area (Å²) in [6.45, 7) is 2.27. The molecule has 7 nitrogen and oxygen atoms in total. The minimum absolute atomic E-state index is 0.129. The highest BCUT2D eigenvalue weighted by atomic mass is 32.1. The first-order valence-corrected chi connectivity index (χ1v) is 11.5. The first kappa shape index (κ1) is 21.8. The fourth-order valence-electron chi connectivity index (χ4n) is 3.66. The highest BCUT2D eigenvalue weighted by Gasteiger charge is 2.28. The van der Waals surface area contributed by atoms with Crippen molar-refractivity contribution in [3.63, 3.8) is 0 Å². The van der Waals surface area contributed by atoms with Crippen LogP contribution in [0.3, 0.4) is 0 Å². The van der Waals surface area contributed by atoms with E-state index >= 15 is 0 Å². The van der Waals surface area contributed by atoms with Gasteiger partial charge in [0, 0.05) is 29.0 Å². The second-order valence-electron chi connectivity index (χ2n) is 7.49. The quantitative estimate of drug-likeness (QED) is 0.509. The Kier molecular flexibility index (Phi) is 7.01. The molecule has 3 aromatic rings. The SMILES string of the molecule is Cc1c(C(=O)NCCc2cccs2)oc2c1/C(=N/NC(=O)COc1ccccc1)CCC2. The number of carbonyl (C=O) groups excluding carboxylic acids is 2. The molecular weight excluding hydrogens is 426 g/mol. The maximum atomic E-state index is 12.7. The molecule has 0 bridgehead atoms. The number of aryl methyl sites for hydroxylation is 1. The molecule has 0 atom stereocenters.